The number of nitrogens with zero attached hydrogens (tertiary/aromatic N) is 4. The van der Waals surface area contributed by atoms with Gasteiger partial charge in [0, 0.05) is 0 Å². The minimum atomic E-state index is 0.236. The molecule has 0 aliphatic heterocycles. The van der Waals surface area contributed by atoms with E-state index in [0.29, 0.717) is 10.5 Å². The first-order valence-electron chi connectivity index (χ1n) is 3.21. The summed E-state index contributed by atoms with van der Waals surface area (Å²) in [5, 5.41) is 13.0. The van der Waals surface area contributed by atoms with Crippen LogP contribution in [0.2, 0.25) is 5.02 Å². The molecule has 0 N–H and O–H groups in total. The van der Waals surface area contributed by atoms with E-state index in [1.807, 2.05) is 6.07 Å². The van der Waals surface area contributed by atoms with E-state index in [9.17, 15) is 0 Å². The molecule has 2 aromatic heterocycles. The summed E-state index contributed by atoms with van der Waals surface area (Å²) < 4.78 is 1.41. The van der Waals surface area contributed by atoms with E-state index >= 15 is 0 Å². The lowest BCUT2D eigenvalue weighted by Crippen LogP contribution is -1.97. The number of hydrogen-bond donors (Lipinski definition) is 0. The van der Waals surface area contributed by atoms with Gasteiger partial charge in [-0.05, 0) is 6.07 Å². The summed E-state index contributed by atoms with van der Waals surface area (Å²) in [6.07, 6.45) is 3.01. The number of fused-ring (bicyclic) bond motifs is 1. The van der Waals surface area contributed by atoms with Crippen LogP contribution in [0.5, 0.6) is 0 Å². The molecule has 2 heterocycles. The number of aromatic nitrogens is 3. The highest BCUT2D eigenvalue weighted by molar-refractivity contribution is 6.33. The normalized spacial score (nSPS) is 10.0. The Kier molecular flexibility index (Phi) is 1.45. The minimum Gasteiger partial charge on any atom is -0.226 e. The molecule has 0 aromatic carbocycles. The van der Waals surface area contributed by atoms with E-state index in [0.717, 1.165) is 0 Å². The molecule has 0 amide bonds. The van der Waals surface area contributed by atoms with E-state index in [2.05, 4.69) is 10.1 Å². The standard InChI is InChI=1S/C7H3ClN4/c8-5-4-10-7(3-9)12-6(5)1-2-11-12/h1-2,4H. The van der Waals surface area contributed by atoms with Crippen molar-refractivity contribution in [1.29, 1.82) is 5.26 Å². The zero-order chi connectivity index (χ0) is 8.55. The Bertz CT molecular complexity index is 468. The number of hydrogen-bond acceptors (Lipinski definition) is 3. The molecule has 0 saturated heterocycles. The molecule has 0 unspecified atom stereocenters. The SMILES string of the molecule is N#Cc1ncc(Cl)c2ccnn12. The van der Waals surface area contributed by atoms with Crippen molar-refractivity contribution in [3.63, 3.8) is 0 Å². The second-order valence-corrected chi connectivity index (χ2v) is 2.58. The van der Waals surface area contributed by atoms with Gasteiger partial charge in [0.2, 0.25) is 5.82 Å². The van der Waals surface area contributed by atoms with Gasteiger partial charge in [-0.25, -0.2) is 9.50 Å². The van der Waals surface area contributed by atoms with Gasteiger partial charge >= 0.3 is 0 Å². The third-order valence-corrected chi connectivity index (χ3v) is 1.78. The van der Waals surface area contributed by atoms with Crippen LogP contribution in [0, 0.1) is 11.3 Å². The van der Waals surface area contributed by atoms with Crippen molar-refractivity contribution in [2.45, 2.75) is 0 Å². The van der Waals surface area contributed by atoms with Gasteiger partial charge < -0.3 is 0 Å². The van der Waals surface area contributed by atoms with Gasteiger partial charge in [0.15, 0.2) is 0 Å². The Balaban J connectivity index is 2.94. The average molecular weight is 179 g/mol. The zero-order valence-electron chi connectivity index (χ0n) is 5.90. The molecule has 2 rings (SSSR count). The van der Waals surface area contributed by atoms with E-state index in [-0.39, 0.29) is 5.82 Å². The first-order valence-corrected chi connectivity index (χ1v) is 3.59. The van der Waals surface area contributed by atoms with Crippen LogP contribution >= 0.6 is 11.6 Å². The molecule has 2 aromatic rings. The molecule has 0 aliphatic rings. The topological polar surface area (TPSA) is 54.0 Å². The quantitative estimate of drug-likeness (QED) is 0.610. The number of halogens is 1. The monoisotopic (exact) mass is 178 g/mol. The van der Waals surface area contributed by atoms with Gasteiger partial charge in [-0.3, -0.25) is 0 Å². The summed E-state index contributed by atoms with van der Waals surface area (Å²) >= 11 is 5.79. The fourth-order valence-electron chi connectivity index (χ4n) is 0.968. The van der Waals surface area contributed by atoms with E-state index < -0.39 is 0 Å². The molecule has 0 aliphatic carbocycles. The fraction of sp³-hybridized carbons (Fsp3) is 0. The molecule has 58 valence electrons. The molecular formula is C7H3ClN4. The highest BCUT2D eigenvalue weighted by atomic mass is 35.5. The Labute approximate surface area is 73.0 Å². The average Bonchev–Trinajstić information content (AvgIpc) is 2.54. The largest absolute Gasteiger partial charge is 0.234 e. The first-order chi connectivity index (χ1) is 5.83. The molecule has 4 nitrogen and oxygen atoms in total. The van der Waals surface area contributed by atoms with Gasteiger partial charge in [0.05, 0.1) is 22.9 Å². The summed E-state index contributed by atoms with van der Waals surface area (Å²) in [5.74, 6) is 0.236. The van der Waals surface area contributed by atoms with Crippen molar-refractivity contribution in [2.24, 2.45) is 0 Å². The Morgan fingerprint density at radius 3 is 3.17 bits per heavy atom. The Hall–Kier alpha value is -1.60. The van der Waals surface area contributed by atoms with Crippen LogP contribution in [0.1, 0.15) is 5.82 Å². The maximum absolute atomic E-state index is 8.63. The minimum absolute atomic E-state index is 0.236. The lowest BCUT2D eigenvalue weighted by Gasteiger charge is -1.95. The molecule has 0 bridgehead atoms. The van der Waals surface area contributed by atoms with Gasteiger partial charge in [-0.1, -0.05) is 11.6 Å². The van der Waals surface area contributed by atoms with Crippen LogP contribution in [0.15, 0.2) is 18.5 Å². The van der Waals surface area contributed by atoms with Crippen molar-refractivity contribution >= 4 is 17.1 Å². The van der Waals surface area contributed by atoms with Crippen molar-refractivity contribution < 1.29 is 0 Å². The molecule has 0 fully saturated rings. The predicted molar refractivity (Wildman–Crippen MR) is 42.7 cm³/mol. The van der Waals surface area contributed by atoms with Crippen LogP contribution in [0.3, 0.4) is 0 Å². The molecular weight excluding hydrogens is 176 g/mol. The summed E-state index contributed by atoms with van der Waals surface area (Å²) in [7, 11) is 0. The zero-order valence-corrected chi connectivity index (χ0v) is 6.65. The highest BCUT2D eigenvalue weighted by Gasteiger charge is 2.04. The third kappa shape index (κ3) is 0.840. The summed E-state index contributed by atoms with van der Waals surface area (Å²) in [6.45, 7) is 0. The van der Waals surface area contributed by atoms with Crippen LogP contribution in [-0.4, -0.2) is 14.6 Å². The smallest absolute Gasteiger partial charge is 0.226 e. The van der Waals surface area contributed by atoms with Crippen molar-refractivity contribution in [1.82, 2.24) is 14.6 Å². The fourth-order valence-corrected chi connectivity index (χ4v) is 1.16. The second-order valence-electron chi connectivity index (χ2n) is 2.17. The van der Waals surface area contributed by atoms with Gasteiger partial charge in [0.25, 0.3) is 0 Å². The van der Waals surface area contributed by atoms with E-state index in [4.69, 9.17) is 16.9 Å². The highest BCUT2D eigenvalue weighted by Crippen LogP contribution is 2.15. The van der Waals surface area contributed by atoms with Gasteiger partial charge in [-0.2, -0.15) is 10.4 Å². The van der Waals surface area contributed by atoms with Gasteiger partial charge in [0.1, 0.15) is 6.07 Å². The van der Waals surface area contributed by atoms with Crippen molar-refractivity contribution in [2.75, 3.05) is 0 Å². The number of rotatable bonds is 0. The molecule has 12 heavy (non-hydrogen) atoms. The molecule has 5 heteroatoms. The molecule has 0 saturated carbocycles. The Morgan fingerprint density at radius 2 is 2.42 bits per heavy atom. The maximum Gasteiger partial charge on any atom is 0.234 e. The van der Waals surface area contributed by atoms with E-state index in [1.165, 1.54) is 10.7 Å². The Morgan fingerprint density at radius 1 is 1.58 bits per heavy atom. The lowest BCUT2D eigenvalue weighted by atomic mass is 10.4. The van der Waals surface area contributed by atoms with Crippen LogP contribution in [0.25, 0.3) is 5.52 Å². The summed E-state index contributed by atoms with van der Waals surface area (Å²) in [4.78, 5) is 3.80. The van der Waals surface area contributed by atoms with Crippen LogP contribution in [0.4, 0.5) is 0 Å². The van der Waals surface area contributed by atoms with Crippen molar-refractivity contribution in [3.05, 3.63) is 29.3 Å². The second kappa shape index (κ2) is 2.47. The van der Waals surface area contributed by atoms with Crippen LogP contribution < -0.4 is 0 Å². The third-order valence-electron chi connectivity index (χ3n) is 1.49. The maximum atomic E-state index is 8.63. The number of nitriles is 1. The van der Waals surface area contributed by atoms with E-state index in [1.54, 1.807) is 12.3 Å². The van der Waals surface area contributed by atoms with Crippen LogP contribution in [-0.2, 0) is 0 Å². The summed E-state index contributed by atoms with van der Waals surface area (Å²) in [6, 6.07) is 3.64. The molecule has 0 atom stereocenters. The lowest BCUT2D eigenvalue weighted by molar-refractivity contribution is 0.896. The molecule has 0 radical (unpaired) electrons. The van der Waals surface area contributed by atoms with Gasteiger partial charge in [-0.15, -0.1) is 0 Å². The summed E-state index contributed by atoms with van der Waals surface area (Å²) in [5.41, 5.74) is 0.697. The molecule has 0 spiro atoms. The van der Waals surface area contributed by atoms with Crippen molar-refractivity contribution in [3.8, 4) is 6.07 Å². The predicted octanol–water partition coefficient (Wildman–Crippen LogP) is 1.25. The first kappa shape index (κ1) is 7.07.